The van der Waals surface area contributed by atoms with Gasteiger partial charge in [0.15, 0.2) is 21.9 Å². The maximum absolute atomic E-state index is 13.1. The topological polar surface area (TPSA) is 74.8 Å². The van der Waals surface area contributed by atoms with E-state index in [0.29, 0.717) is 12.3 Å². The number of Topliss-reactive ketones (excluding diaryl/α,β-unsaturated/α-hetero) is 1. The first-order valence-electron chi connectivity index (χ1n) is 10.5. The first-order chi connectivity index (χ1) is 15.6. The number of thiazole rings is 1. The van der Waals surface area contributed by atoms with Crippen molar-refractivity contribution >= 4 is 40.2 Å². The van der Waals surface area contributed by atoms with Gasteiger partial charge in [-0.25, -0.2) is 4.98 Å². The number of ketones is 1. The van der Waals surface area contributed by atoms with Crippen molar-refractivity contribution in [2.24, 2.45) is 0 Å². The van der Waals surface area contributed by atoms with E-state index in [9.17, 15) is 4.79 Å². The molecule has 5 rings (SSSR count). The zero-order valence-corrected chi connectivity index (χ0v) is 20.3. The summed E-state index contributed by atoms with van der Waals surface area (Å²) in [6.45, 7) is 5.48. The summed E-state index contributed by atoms with van der Waals surface area (Å²) in [6, 6.07) is 6.02. The van der Waals surface area contributed by atoms with E-state index < -0.39 is 0 Å². The van der Waals surface area contributed by atoms with Gasteiger partial charge in [-0.1, -0.05) is 17.8 Å². The fraction of sp³-hybridized carbons (Fsp3) is 0.364. The predicted molar refractivity (Wildman–Crippen MR) is 128 cm³/mol. The molecule has 0 aromatic carbocycles. The van der Waals surface area contributed by atoms with Gasteiger partial charge in [0.1, 0.15) is 0 Å². The van der Waals surface area contributed by atoms with Gasteiger partial charge in [-0.2, -0.15) is 0 Å². The van der Waals surface area contributed by atoms with Gasteiger partial charge in [0.25, 0.3) is 0 Å². The lowest BCUT2D eigenvalue weighted by molar-refractivity contribution is 0.0953. The van der Waals surface area contributed by atoms with Crippen LogP contribution in [-0.4, -0.2) is 48.6 Å². The summed E-state index contributed by atoms with van der Waals surface area (Å²) in [5, 5.41) is 14.5. The van der Waals surface area contributed by atoms with Gasteiger partial charge >= 0.3 is 0 Å². The second kappa shape index (κ2) is 9.30. The van der Waals surface area contributed by atoms with Gasteiger partial charge in [-0.15, -0.1) is 32.9 Å². The SMILES string of the molecule is Cc1cc(C(=O)CSc2nnc(-c3cccs3)n2C[C@@H]2CCCO2)c(C)n1-c1nccs1. The van der Waals surface area contributed by atoms with E-state index in [4.69, 9.17) is 4.74 Å². The number of thioether (sulfide) groups is 1. The van der Waals surface area contributed by atoms with Crippen molar-refractivity contribution in [2.75, 3.05) is 12.4 Å². The molecule has 0 saturated carbocycles. The Morgan fingerprint density at radius 2 is 2.19 bits per heavy atom. The number of ether oxygens (including phenoxy) is 1. The van der Waals surface area contributed by atoms with E-state index in [-0.39, 0.29) is 11.9 Å². The van der Waals surface area contributed by atoms with Crippen LogP contribution >= 0.6 is 34.4 Å². The Morgan fingerprint density at radius 3 is 2.91 bits per heavy atom. The molecule has 0 spiro atoms. The van der Waals surface area contributed by atoms with Gasteiger partial charge in [0.2, 0.25) is 0 Å². The fourth-order valence-corrected chi connectivity index (χ4v) is 6.31. The van der Waals surface area contributed by atoms with E-state index in [1.807, 2.05) is 47.4 Å². The highest BCUT2D eigenvalue weighted by molar-refractivity contribution is 7.99. The Labute approximate surface area is 198 Å². The van der Waals surface area contributed by atoms with Crippen LogP contribution in [-0.2, 0) is 11.3 Å². The lowest BCUT2D eigenvalue weighted by Gasteiger charge is -2.14. The van der Waals surface area contributed by atoms with E-state index >= 15 is 0 Å². The summed E-state index contributed by atoms with van der Waals surface area (Å²) < 4.78 is 10.0. The van der Waals surface area contributed by atoms with Crippen molar-refractivity contribution in [1.29, 1.82) is 0 Å². The molecule has 5 heterocycles. The Bertz CT molecular complexity index is 1200. The molecule has 0 unspecified atom stereocenters. The van der Waals surface area contributed by atoms with E-state index in [0.717, 1.165) is 57.4 Å². The summed E-state index contributed by atoms with van der Waals surface area (Å²) in [5.41, 5.74) is 2.66. The number of hydrogen-bond acceptors (Lipinski definition) is 8. The third kappa shape index (κ3) is 4.19. The number of carbonyl (C=O) groups is 1. The third-order valence-corrected chi connectivity index (χ3v) is 8.13. The average Bonchev–Trinajstić information content (AvgIpc) is 3.59. The number of nitrogens with zero attached hydrogens (tertiary/aromatic N) is 5. The van der Waals surface area contributed by atoms with Gasteiger partial charge in [0.05, 0.1) is 23.3 Å². The van der Waals surface area contributed by atoms with Crippen molar-refractivity contribution in [2.45, 2.75) is 44.5 Å². The van der Waals surface area contributed by atoms with E-state index in [2.05, 4.69) is 19.7 Å². The minimum atomic E-state index is 0.0789. The molecule has 1 atom stereocenters. The van der Waals surface area contributed by atoms with Crippen LogP contribution in [0.25, 0.3) is 15.8 Å². The van der Waals surface area contributed by atoms with Gasteiger partial charge < -0.3 is 4.74 Å². The monoisotopic (exact) mass is 485 g/mol. The van der Waals surface area contributed by atoms with Crippen molar-refractivity contribution in [1.82, 2.24) is 24.3 Å². The quantitative estimate of drug-likeness (QED) is 0.258. The minimum absolute atomic E-state index is 0.0789. The lowest BCUT2D eigenvalue weighted by atomic mass is 10.2. The van der Waals surface area contributed by atoms with Gasteiger partial charge in [-0.3, -0.25) is 13.9 Å². The number of rotatable bonds is 8. The van der Waals surface area contributed by atoms with Crippen LogP contribution in [0.3, 0.4) is 0 Å². The first kappa shape index (κ1) is 21.6. The molecule has 0 bridgehead atoms. The second-order valence-corrected chi connectivity index (χ2v) is 10.4. The molecule has 1 fully saturated rings. The van der Waals surface area contributed by atoms with Crippen molar-refractivity contribution in [3.63, 3.8) is 0 Å². The van der Waals surface area contributed by atoms with Crippen LogP contribution in [0.4, 0.5) is 0 Å². The molecule has 0 radical (unpaired) electrons. The molecule has 4 aromatic rings. The number of hydrogen-bond donors (Lipinski definition) is 0. The van der Waals surface area contributed by atoms with E-state index in [1.54, 1.807) is 28.9 Å². The van der Waals surface area contributed by atoms with Crippen LogP contribution in [0, 0.1) is 13.8 Å². The zero-order valence-electron chi connectivity index (χ0n) is 17.9. The average molecular weight is 486 g/mol. The summed E-state index contributed by atoms with van der Waals surface area (Å²) in [4.78, 5) is 18.6. The molecule has 1 aliphatic heterocycles. The Morgan fingerprint density at radius 1 is 1.28 bits per heavy atom. The summed E-state index contributed by atoms with van der Waals surface area (Å²) >= 11 is 4.64. The summed E-state index contributed by atoms with van der Waals surface area (Å²) in [6.07, 6.45) is 4.06. The number of thiophene rings is 1. The van der Waals surface area contributed by atoms with Crippen LogP contribution in [0.2, 0.25) is 0 Å². The molecular weight excluding hydrogens is 462 g/mol. The molecule has 7 nitrogen and oxygen atoms in total. The molecule has 1 aliphatic rings. The fourth-order valence-electron chi connectivity index (χ4n) is 4.01. The zero-order chi connectivity index (χ0) is 22.1. The molecule has 0 aliphatic carbocycles. The first-order valence-corrected chi connectivity index (χ1v) is 13.2. The molecule has 0 N–H and O–H groups in total. The highest BCUT2D eigenvalue weighted by Gasteiger charge is 2.24. The van der Waals surface area contributed by atoms with Crippen molar-refractivity contribution in [3.8, 4) is 15.8 Å². The van der Waals surface area contributed by atoms with Gasteiger partial charge in [-0.05, 0) is 44.2 Å². The van der Waals surface area contributed by atoms with Crippen LogP contribution in [0.5, 0.6) is 0 Å². The third-order valence-electron chi connectivity index (χ3n) is 5.54. The summed E-state index contributed by atoms with van der Waals surface area (Å²) in [7, 11) is 0. The molecule has 32 heavy (non-hydrogen) atoms. The Balaban J connectivity index is 1.37. The summed E-state index contributed by atoms with van der Waals surface area (Å²) in [5.74, 6) is 1.22. The van der Waals surface area contributed by atoms with Crippen molar-refractivity contribution in [3.05, 3.63) is 52.1 Å². The van der Waals surface area contributed by atoms with Gasteiger partial charge in [0, 0.05) is 35.1 Å². The number of aromatic nitrogens is 5. The van der Waals surface area contributed by atoms with Crippen LogP contribution < -0.4 is 0 Å². The lowest BCUT2D eigenvalue weighted by Crippen LogP contribution is -2.17. The van der Waals surface area contributed by atoms with Crippen LogP contribution in [0.1, 0.15) is 34.6 Å². The minimum Gasteiger partial charge on any atom is -0.376 e. The largest absolute Gasteiger partial charge is 0.376 e. The maximum atomic E-state index is 13.1. The highest BCUT2D eigenvalue weighted by atomic mass is 32.2. The normalized spacial score (nSPS) is 16.1. The highest BCUT2D eigenvalue weighted by Crippen LogP contribution is 2.30. The number of carbonyl (C=O) groups excluding carboxylic acids is 1. The Kier molecular flexibility index (Phi) is 6.27. The smallest absolute Gasteiger partial charge is 0.193 e. The predicted octanol–water partition coefficient (Wildman–Crippen LogP) is 5.02. The standard InChI is InChI=1S/C22H23N5O2S3/c1-14-11-17(15(2)27(14)21-23-7-10-31-21)18(28)13-32-22-25-24-20(19-6-4-9-30-19)26(22)12-16-5-3-8-29-16/h4,6-7,9-11,16H,3,5,8,12-13H2,1-2H3/t16-/m0/s1. The maximum Gasteiger partial charge on any atom is 0.193 e. The molecule has 10 heteroatoms. The second-order valence-electron chi connectivity index (χ2n) is 7.68. The molecule has 4 aromatic heterocycles. The molecular formula is C22H23N5O2S3. The Hall–Kier alpha value is -2.27. The molecule has 0 amide bonds. The van der Waals surface area contributed by atoms with E-state index in [1.165, 1.54) is 11.8 Å². The van der Waals surface area contributed by atoms with Crippen LogP contribution in [0.15, 0.2) is 40.3 Å². The molecule has 1 saturated heterocycles. The number of aryl methyl sites for hydroxylation is 1. The van der Waals surface area contributed by atoms with Crippen molar-refractivity contribution < 1.29 is 9.53 Å². The molecule has 166 valence electrons.